The molecule has 2 N–H and O–H groups in total. The first-order valence-electron chi connectivity index (χ1n) is 5.69. The van der Waals surface area contributed by atoms with Crippen LogP contribution in [0, 0.1) is 11.3 Å². The molecule has 1 aromatic heterocycles. The van der Waals surface area contributed by atoms with E-state index in [1.807, 2.05) is 6.07 Å². The van der Waals surface area contributed by atoms with Crippen molar-refractivity contribution >= 4 is 10.0 Å². The second-order valence-electron chi connectivity index (χ2n) is 4.15. The summed E-state index contributed by atoms with van der Waals surface area (Å²) in [7, 11) is -2.11. The number of sulfonamides is 1. The molecule has 0 spiro atoms. The molecule has 2 atom stereocenters. The third-order valence-electron chi connectivity index (χ3n) is 2.93. The highest BCUT2D eigenvalue weighted by Crippen LogP contribution is 2.11. The van der Waals surface area contributed by atoms with Crippen LogP contribution in [0.1, 0.15) is 5.69 Å². The van der Waals surface area contributed by atoms with Gasteiger partial charge in [0.25, 0.3) is 0 Å². The number of rotatable bonds is 4. The highest BCUT2D eigenvalue weighted by molar-refractivity contribution is 7.89. The molecular formula is C11H14N4O3S. The number of nitrogens with zero attached hydrogens (tertiary/aromatic N) is 2. The predicted octanol–water partition coefficient (Wildman–Crippen LogP) is -0.782. The first-order valence-corrected chi connectivity index (χ1v) is 7.17. The number of aromatic nitrogens is 1. The fourth-order valence-electron chi connectivity index (χ4n) is 1.89. The lowest BCUT2D eigenvalue weighted by molar-refractivity contribution is 0.103. The smallest absolute Gasteiger partial charge is 0.242 e. The van der Waals surface area contributed by atoms with Gasteiger partial charge in [-0.15, -0.1) is 0 Å². The molecule has 0 saturated carbocycles. The molecule has 102 valence electrons. The fraction of sp³-hybridized carbons (Fsp3) is 0.455. The van der Waals surface area contributed by atoms with Gasteiger partial charge in [-0.3, -0.25) is 0 Å². The Labute approximate surface area is 111 Å². The summed E-state index contributed by atoms with van der Waals surface area (Å²) < 4.78 is 32.0. The Bertz CT molecular complexity index is 579. The van der Waals surface area contributed by atoms with E-state index in [2.05, 4.69) is 15.0 Å². The van der Waals surface area contributed by atoms with Crippen molar-refractivity contribution in [2.24, 2.45) is 0 Å². The third-order valence-corrected chi connectivity index (χ3v) is 4.40. The van der Waals surface area contributed by atoms with E-state index in [1.54, 1.807) is 7.11 Å². The molecule has 1 aromatic rings. The Morgan fingerprint density at radius 1 is 1.53 bits per heavy atom. The van der Waals surface area contributed by atoms with Gasteiger partial charge in [0.15, 0.2) is 0 Å². The number of hydrogen-bond donors (Lipinski definition) is 2. The third kappa shape index (κ3) is 3.08. The number of ether oxygens (including phenoxy) is 1. The maximum Gasteiger partial charge on any atom is 0.242 e. The lowest BCUT2D eigenvalue weighted by Gasteiger charge is -2.18. The summed E-state index contributed by atoms with van der Waals surface area (Å²) in [5, 5.41) is 11.7. The van der Waals surface area contributed by atoms with E-state index in [1.165, 1.54) is 18.3 Å². The van der Waals surface area contributed by atoms with Crippen LogP contribution in [0.25, 0.3) is 0 Å². The van der Waals surface area contributed by atoms with Crippen molar-refractivity contribution in [1.29, 1.82) is 5.26 Å². The van der Waals surface area contributed by atoms with Crippen LogP contribution in [-0.4, -0.2) is 45.7 Å². The van der Waals surface area contributed by atoms with Gasteiger partial charge in [0, 0.05) is 26.4 Å². The zero-order valence-electron chi connectivity index (χ0n) is 10.3. The average molecular weight is 282 g/mol. The van der Waals surface area contributed by atoms with Crippen LogP contribution in [0.2, 0.25) is 0 Å². The van der Waals surface area contributed by atoms with Crippen molar-refractivity contribution in [2.45, 2.75) is 17.0 Å². The first-order chi connectivity index (χ1) is 9.06. The van der Waals surface area contributed by atoms with Crippen molar-refractivity contribution in [3.05, 3.63) is 24.0 Å². The molecule has 1 saturated heterocycles. The minimum Gasteiger partial charge on any atom is -0.378 e. The summed E-state index contributed by atoms with van der Waals surface area (Å²) >= 11 is 0. The van der Waals surface area contributed by atoms with E-state index in [-0.39, 0.29) is 22.7 Å². The molecule has 19 heavy (non-hydrogen) atoms. The maximum atomic E-state index is 12.1. The second-order valence-corrected chi connectivity index (χ2v) is 5.87. The number of nitrogens with one attached hydrogen (secondary N) is 2. The summed E-state index contributed by atoms with van der Waals surface area (Å²) in [6, 6.07) is 4.25. The van der Waals surface area contributed by atoms with Gasteiger partial charge >= 0.3 is 0 Å². The van der Waals surface area contributed by atoms with Gasteiger partial charge in [-0.25, -0.2) is 18.1 Å². The van der Waals surface area contributed by atoms with Gasteiger partial charge < -0.3 is 10.1 Å². The largest absolute Gasteiger partial charge is 0.378 e. The standard InChI is InChI=1S/C11H14N4O3S/c1-18-11-7-13-6-10(11)15-19(16,17)9-3-2-8(4-12)14-5-9/h2-3,5,10-11,13,15H,6-7H2,1H3/t10?,11-/m0/s1. The Hall–Kier alpha value is -1.53. The molecule has 0 aromatic carbocycles. The molecule has 0 bridgehead atoms. The van der Waals surface area contributed by atoms with Crippen molar-refractivity contribution in [1.82, 2.24) is 15.0 Å². The highest BCUT2D eigenvalue weighted by Gasteiger charge is 2.31. The number of methoxy groups -OCH3 is 1. The molecule has 0 radical (unpaired) electrons. The quantitative estimate of drug-likeness (QED) is 0.750. The summed E-state index contributed by atoms with van der Waals surface area (Å²) in [6.07, 6.45) is 0.978. The minimum atomic E-state index is -3.65. The second kappa shape index (κ2) is 5.63. The van der Waals surface area contributed by atoms with Crippen LogP contribution >= 0.6 is 0 Å². The highest BCUT2D eigenvalue weighted by atomic mass is 32.2. The van der Waals surface area contributed by atoms with E-state index < -0.39 is 10.0 Å². The van der Waals surface area contributed by atoms with Gasteiger partial charge in [0.05, 0.1) is 12.1 Å². The summed E-state index contributed by atoms with van der Waals surface area (Å²) in [5.41, 5.74) is 0.177. The average Bonchev–Trinajstić information content (AvgIpc) is 2.85. The predicted molar refractivity (Wildman–Crippen MR) is 66.7 cm³/mol. The molecule has 2 rings (SSSR count). The van der Waals surface area contributed by atoms with Crippen molar-refractivity contribution in [3.8, 4) is 6.07 Å². The maximum absolute atomic E-state index is 12.1. The van der Waals surface area contributed by atoms with Crippen LogP contribution in [0.5, 0.6) is 0 Å². The molecule has 0 aliphatic carbocycles. The van der Waals surface area contributed by atoms with Crippen LogP contribution in [0.3, 0.4) is 0 Å². The lowest BCUT2D eigenvalue weighted by Crippen LogP contribution is -2.43. The minimum absolute atomic E-state index is 0.0354. The summed E-state index contributed by atoms with van der Waals surface area (Å²) in [4.78, 5) is 3.79. The van der Waals surface area contributed by atoms with Crippen LogP contribution < -0.4 is 10.0 Å². The van der Waals surface area contributed by atoms with Gasteiger partial charge in [-0.1, -0.05) is 0 Å². The molecule has 1 aliphatic rings. The molecule has 1 unspecified atom stereocenters. The number of nitriles is 1. The fourth-order valence-corrected chi connectivity index (χ4v) is 3.10. The van der Waals surface area contributed by atoms with E-state index in [0.717, 1.165) is 0 Å². The Kier molecular flexibility index (Phi) is 4.11. The topological polar surface area (TPSA) is 104 Å². The lowest BCUT2D eigenvalue weighted by atomic mass is 10.2. The Morgan fingerprint density at radius 3 is 2.89 bits per heavy atom. The molecule has 7 nitrogen and oxygen atoms in total. The van der Waals surface area contributed by atoms with Crippen molar-refractivity contribution < 1.29 is 13.2 Å². The molecule has 0 amide bonds. The summed E-state index contributed by atoms with van der Waals surface area (Å²) in [6.45, 7) is 1.12. The Morgan fingerprint density at radius 2 is 2.32 bits per heavy atom. The zero-order chi connectivity index (χ0) is 13.9. The van der Waals surface area contributed by atoms with Crippen molar-refractivity contribution in [2.75, 3.05) is 20.2 Å². The van der Waals surface area contributed by atoms with E-state index >= 15 is 0 Å². The normalized spacial score (nSPS) is 23.2. The van der Waals surface area contributed by atoms with E-state index in [4.69, 9.17) is 10.00 Å². The number of hydrogen-bond acceptors (Lipinski definition) is 6. The van der Waals surface area contributed by atoms with Crippen LogP contribution in [0.4, 0.5) is 0 Å². The van der Waals surface area contributed by atoms with Crippen LogP contribution in [0.15, 0.2) is 23.2 Å². The molecule has 1 aliphatic heterocycles. The SMILES string of the molecule is CO[C@H]1CNCC1NS(=O)(=O)c1ccc(C#N)nc1. The summed E-state index contributed by atoms with van der Waals surface area (Å²) in [5.74, 6) is 0. The Balaban J connectivity index is 2.15. The molecule has 8 heteroatoms. The number of pyridine rings is 1. The first kappa shape index (κ1) is 13.9. The van der Waals surface area contributed by atoms with Gasteiger partial charge in [-0.05, 0) is 12.1 Å². The van der Waals surface area contributed by atoms with Gasteiger partial charge in [0.2, 0.25) is 10.0 Å². The zero-order valence-corrected chi connectivity index (χ0v) is 11.1. The van der Waals surface area contributed by atoms with E-state index in [0.29, 0.717) is 13.1 Å². The van der Waals surface area contributed by atoms with Crippen LogP contribution in [-0.2, 0) is 14.8 Å². The van der Waals surface area contributed by atoms with Gasteiger partial charge in [-0.2, -0.15) is 5.26 Å². The molecular weight excluding hydrogens is 268 g/mol. The van der Waals surface area contributed by atoms with Gasteiger partial charge in [0.1, 0.15) is 16.7 Å². The molecule has 2 heterocycles. The monoisotopic (exact) mass is 282 g/mol. The molecule has 1 fully saturated rings. The van der Waals surface area contributed by atoms with Crippen molar-refractivity contribution in [3.63, 3.8) is 0 Å². The van der Waals surface area contributed by atoms with E-state index in [9.17, 15) is 8.42 Å².